The van der Waals surface area contributed by atoms with Crippen LogP contribution in [0.3, 0.4) is 0 Å². The molecule has 0 bridgehead atoms. The molecule has 0 unspecified atom stereocenters. The van der Waals surface area contributed by atoms with Crippen LogP contribution in [0.2, 0.25) is 0 Å². The minimum atomic E-state index is -1.15. The van der Waals surface area contributed by atoms with Crippen molar-refractivity contribution in [3.8, 4) is 23.7 Å². The van der Waals surface area contributed by atoms with Gasteiger partial charge in [-0.05, 0) is 40.5 Å². The van der Waals surface area contributed by atoms with Crippen LogP contribution >= 0.6 is 0 Å². The van der Waals surface area contributed by atoms with Crippen LogP contribution in [0.5, 0.6) is 0 Å². The Balaban J connectivity index is 1.49. The van der Waals surface area contributed by atoms with Gasteiger partial charge >= 0.3 is 18.2 Å². The third-order valence-corrected chi connectivity index (χ3v) is 5.52. The summed E-state index contributed by atoms with van der Waals surface area (Å²) in [4.78, 5) is 35.4. The fourth-order valence-electron chi connectivity index (χ4n) is 3.56. The van der Waals surface area contributed by atoms with Gasteiger partial charge < -0.3 is 36.7 Å². The van der Waals surface area contributed by atoms with Gasteiger partial charge in [0.1, 0.15) is 0 Å². The summed E-state index contributed by atoms with van der Waals surface area (Å²) in [7, 11) is 0. The van der Waals surface area contributed by atoms with Gasteiger partial charge in [-0.3, -0.25) is 0 Å². The summed E-state index contributed by atoms with van der Waals surface area (Å²) < 4.78 is 10.1. The van der Waals surface area contributed by atoms with Gasteiger partial charge in [0, 0.05) is 37.3 Å². The molecular weight excluding hydrogens is 524 g/mol. The zero-order chi connectivity index (χ0) is 29.5. The summed E-state index contributed by atoms with van der Waals surface area (Å²) in [5.41, 5.74) is 15.6. The van der Waals surface area contributed by atoms with Crippen LogP contribution in [-0.2, 0) is 35.7 Å². The van der Waals surface area contributed by atoms with Crippen LogP contribution in [-0.4, -0.2) is 36.5 Å². The molecule has 0 saturated carbocycles. The topological polar surface area (TPSA) is 166 Å². The SMILES string of the molecule is NCc1cccc(CNC(=O)OCC#Cc2cc(C#CCOC(=O)NCc3cccc(CN)c3)cc(C(=O)O)c2)c1. The molecule has 0 spiro atoms. The monoisotopic (exact) mass is 554 g/mol. The van der Waals surface area contributed by atoms with Crippen LogP contribution in [0.15, 0.2) is 66.7 Å². The minimum absolute atomic E-state index is 0.0159. The molecule has 3 aromatic rings. The van der Waals surface area contributed by atoms with Crippen LogP contribution < -0.4 is 22.1 Å². The lowest BCUT2D eigenvalue weighted by atomic mass is 10.1. The summed E-state index contributed by atoms with van der Waals surface area (Å²) >= 11 is 0. The van der Waals surface area contributed by atoms with E-state index in [1.165, 1.54) is 12.1 Å². The lowest BCUT2D eigenvalue weighted by Gasteiger charge is -2.06. The third-order valence-electron chi connectivity index (χ3n) is 5.52. The molecule has 10 nitrogen and oxygen atoms in total. The fraction of sp³-hybridized carbons (Fsp3) is 0.194. The highest BCUT2D eigenvalue weighted by Gasteiger charge is 2.06. The van der Waals surface area contributed by atoms with Gasteiger partial charge in [0.05, 0.1) is 5.56 Å². The van der Waals surface area contributed by atoms with Crippen molar-refractivity contribution in [2.75, 3.05) is 13.2 Å². The largest absolute Gasteiger partial charge is 0.478 e. The first-order valence-electron chi connectivity index (χ1n) is 12.6. The van der Waals surface area contributed by atoms with Gasteiger partial charge in [0.2, 0.25) is 0 Å². The quantitative estimate of drug-likeness (QED) is 0.252. The van der Waals surface area contributed by atoms with Crippen molar-refractivity contribution in [1.29, 1.82) is 0 Å². The van der Waals surface area contributed by atoms with E-state index in [0.29, 0.717) is 24.2 Å². The Hall–Kier alpha value is -5.29. The van der Waals surface area contributed by atoms with Crippen LogP contribution in [0.1, 0.15) is 43.7 Å². The maximum absolute atomic E-state index is 11.9. The van der Waals surface area contributed by atoms with E-state index in [1.807, 2.05) is 48.5 Å². The Bertz CT molecular complexity index is 1410. The summed E-state index contributed by atoms with van der Waals surface area (Å²) in [6.45, 7) is 0.953. The Morgan fingerprint density at radius 3 is 1.54 bits per heavy atom. The molecule has 0 saturated heterocycles. The second-order valence-electron chi connectivity index (χ2n) is 8.62. The molecule has 7 N–H and O–H groups in total. The van der Waals surface area contributed by atoms with Crippen molar-refractivity contribution >= 4 is 18.2 Å². The van der Waals surface area contributed by atoms with Crippen molar-refractivity contribution in [2.45, 2.75) is 26.2 Å². The van der Waals surface area contributed by atoms with Gasteiger partial charge in [-0.1, -0.05) is 72.2 Å². The number of carbonyl (C=O) groups is 3. The molecule has 0 aliphatic heterocycles. The number of benzene rings is 3. The normalized spacial score (nSPS) is 9.80. The number of carbonyl (C=O) groups excluding carboxylic acids is 2. The highest BCUT2D eigenvalue weighted by atomic mass is 16.6. The van der Waals surface area contributed by atoms with Gasteiger partial charge in [0.15, 0.2) is 13.2 Å². The van der Waals surface area contributed by atoms with E-state index >= 15 is 0 Å². The van der Waals surface area contributed by atoms with E-state index in [9.17, 15) is 19.5 Å². The van der Waals surface area contributed by atoms with Crippen molar-refractivity contribution in [1.82, 2.24) is 10.6 Å². The van der Waals surface area contributed by atoms with Crippen LogP contribution in [0.4, 0.5) is 9.59 Å². The maximum atomic E-state index is 11.9. The maximum Gasteiger partial charge on any atom is 0.408 e. The van der Waals surface area contributed by atoms with Gasteiger partial charge in [-0.25, -0.2) is 14.4 Å². The highest BCUT2D eigenvalue weighted by Crippen LogP contribution is 2.10. The van der Waals surface area contributed by atoms with Crippen LogP contribution in [0, 0.1) is 23.7 Å². The molecular formula is C31H30N4O6. The molecule has 2 amide bonds. The highest BCUT2D eigenvalue weighted by molar-refractivity contribution is 5.88. The number of nitrogens with two attached hydrogens (primary N) is 2. The Morgan fingerprint density at radius 2 is 1.12 bits per heavy atom. The molecule has 0 aromatic heterocycles. The van der Waals surface area contributed by atoms with Gasteiger partial charge in [-0.2, -0.15) is 0 Å². The number of rotatable bonds is 9. The predicted octanol–water partition coefficient (Wildman–Crippen LogP) is 2.86. The first kappa shape index (κ1) is 30.3. The molecule has 3 aromatic carbocycles. The lowest BCUT2D eigenvalue weighted by Crippen LogP contribution is -2.24. The zero-order valence-electron chi connectivity index (χ0n) is 22.2. The predicted molar refractivity (Wildman–Crippen MR) is 152 cm³/mol. The third kappa shape index (κ3) is 10.8. The van der Waals surface area contributed by atoms with Gasteiger partial charge in [0.25, 0.3) is 0 Å². The van der Waals surface area contributed by atoms with E-state index in [4.69, 9.17) is 20.9 Å². The number of carboxylic acids is 1. The van der Waals surface area contributed by atoms with E-state index in [2.05, 4.69) is 34.3 Å². The fourth-order valence-corrected chi connectivity index (χ4v) is 3.56. The first-order chi connectivity index (χ1) is 19.9. The van der Waals surface area contributed by atoms with E-state index < -0.39 is 18.2 Å². The molecule has 0 radical (unpaired) electrons. The van der Waals surface area contributed by atoms with E-state index in [0.717, 1.165) is 22.3 Å². The van der Waals surface area contributed by atoms with Gasteiger partial charge in [-0.15, -0.1) is 0 Å². The number of nitrogens with one attached hydrogen (secondary N) is 2. The summed E-state index contributed by atoms with van der Waals surface area (Å²) in [6, 6.07) is 19.4. The average Bonchev–Trinajstić information content (AvgIpc) is 2.99. The van der Waals surface area contributed by atoms with Crippen molar-refractivity contribution in [2.24, 2.45) is 11.5 Å². The second kappa shape index (κ2) is 16.0. The average molecular weight is 555 g/mol. The smallest absolute Gasteiger partial charge is 0.408 e. The van der Waals surface area contributed by atoms with Crippen molar-refractivity contribution in [3.63, 3.8) is 0 Å². The summed E-state index contributed by atoms with van der Waals surface area (Å²) in [5, 5.41) is 14.7. The summed E-state index contributed by atoms with van der Waals surface area (Å²) in [6.07, 6.45) is -1.28. The molecule has 0 aliphatic rings. The molecule has 10 heteroatoms. The molecule has 3 rings (SSSR count). The number of amides is 2. The number of hydrogen-bond donors (Lipinski definition) is 5. The number of carboxylic acid groups (broad SMARTS) is 1. The number of hydrogen-bond acceptors (Lipinski definition) is 7. The minimum Gasteiger partial charge on any atom is -0.478 e. The Morgan fingerprint density at radius 1 is 0.683 bits per heavy atom. The Labute approximate surface area is 238 Å². The second-order valence-corrected chi connectivity index (χ2v) is 8.62. The molecule has 0 atom stereocenters. The molecule has 210 valence electrons. The number of ether oxygens (including phenoxy) is 2. The molecule has 0 fully saturated rings. The van der Waals surface area contributed by atoms with Crippen molar-refractivity contribution < 1.29 is 29.0 Å². The molecule has 41 heavy (non-hydrogen) atoms. The number of alkyl carbamates (subject to hydrolysis) is 2. The Kier molecular flexibility index (Phi) is 11.8. The van der Waals surface area contributed by atoms with Crippen molar-refractivity contribution in [3.05, 3.63) is 106 Å². The standard InChI is InChI=1S/C31H30N4O6/c32-18-24-5-1-7-26(14-24)20-34-30(38)40-11-3-9-22-13-23(17-28(16-22)29(36)37)10-4-12-41-31(39)35-21-27-8-2-6-25(15-27)19-33/h1-2,5-8,13-17H,11-12,18-21,32-33H2,(H,34,38)(H,35,39)(H,36,37). The van der Waals surface area contributed by atoms with Crippen LogP contribution in [0.25, 0.3) is 0 Å². The number of aromatic carboxylic acids is 1. The lowest BCUT2D eigenvalue weighted by molar-refractivity contribution is 0.0696. The first-order valence-corrected chi connectivity index (χ1v) is 12.6. The summed E-state index contributed by atoms with van der Waals surface area (Å²) in [5.74, 6) is 9.76. The van der Waals surface area contributed by atoms with E-state index in [1.54, 1.807) is 6.07 Å². The zero-order valence-corrected chi connectivity index (χ0v) is 22.2. The van der Waals surface area contributed by atoms with E-state index in [-0.39, 0.29) is 31.9 Å². The molecule has 0 aliphatic carbocycles. The molecule has 0 heterocycles.